The molecule has 3 aromatic rings. The van der Waals surface area contributed by atoms with E-state index in [1.54, 1.807) is 32.2 Å². The third-order valence-electron chi connectivity index (χ3n) is 4.39. The predicted octanol–water partition coefficient (Wildman–Crippen LogP) is 1.59. The van der Waals surface area contributed by atoms with Gasteiger partial charge < -0.3 is 15.4 Å². The number of aliphatic hydroxyl groups is 1. The first kappa shape index (κ1) is 17.0. The summed E-state index contributed by atoms with van der Waals surface area (Å²) in [6.45, 7) is 1.77. The number of carbonyl (C=O) groups is 1. The Labute approximate surface area is 145 Å². The van der Waals surface area contributed by atoms with Gasteiger partial charge in [-0.1, -0.05) is 30.3 Å². The molecule has 3 rings (SSSR count). The Morgan fingerprint density at radius 3 is 2.68 bits per heavy atom. The number of hydrogen-bond acceptors (Lipinski definition) is 3. The first-order valence-corrected chi connectivity index (χ1v) is 8.17. The van der Waals surface area contributed by atoms with Crippen LogP contribution >= 0.6 is 0 Å². The molecule has 0 spiro atoms. The average Bonchev–Trinajstić information content (AvgIpc) is 2.89. The van der Waals surface area contributed by atoms with Crippen molar-refractivity contribution in [1.29, 1.82) is 0 Å². The van der Waals surface area contributed by atoms with Crippen LogP contribution in [0, 0.1) is 0 Å². The molecule has 3 N–H and O–H groups in total. The molecule has 130 valence electrons. The van der Waals surface area contributed by atoms with Crippen molar-refractivity contribution in [3.8, 4) is 0 Å². The maximum absolute atomic E-state index is 12.5. The summed E-state index contributed by atoms with van der Waals surface area (Å²) in [6.07, 6.45) is -0.222. The summed E-state index contributed by atoms with van der Waals surface area (Å²) in [5, 5.41) is 13.1. The van der Waals surface area contributed by atoms with Crippen LogP contribution in [0.25, 0.3) is 11.0 Å². The molecule has 0 aliphatic heterocycles. The van der Waals surface area contributed by atoms with E-state index in [1.165, 1.54) is 4.57 Å². The van der Waals surface area contributed by atoms with Gasteiger partial charge in [0.15, 0.2) is 0 Å². The summed E-state index contributed by atoms with van der Waals surface area (Å²) in [5.74, 6) is -0.282. The Hall–Kier alpha value is -2.86. The van der Waals surface area contributed by atoms with E-state index in [1.807, 2.05) is 30.3 Å². The van der Waals surface area contributed by atoms with E-state index >= 15 is 0 Å². The van der Waals surface area contributed by atoms with Gasteiger partial charge >= 0.3 is 5.69 Å². The number of amides is 1. The number of carbonyl (C=O) groups excluding carboxylic acids is 1. The average molecular weight is 339 g/mol. The summed E-state index contributed by atoms with van der Waals surface area (Å²) in [5.41, 5.74) is 2.58. The molecule has 0 saturated heterocycles. The highest BCUT2D eigenvalue weighted by Crippen LogP contribution is 2.13. The number of aromatic amines is 1. The Balaban J connectivity index is 1.70. The molecule has 0 unspecified atom stereocenters. The normalized spacial score (nSPS) is 13.6. The number of hydrogen-bond donors (Lipinski definition) is 3. The number of aliphatic hydroxyl groups excluding tert-OH is 1. The highest BCUT2D eigenvalue weighted by Gasteiger charge is 2.18. The molecule has 0 aliphatic carbocycles. The van der Waals surface area contributed by atoms with Crippen LogP contribution in [0.2, 0.25) is 0 Å². The molecule has 2 atom stereocenters. The van der Waals surface area contributed by atoms with Crippen LogP contribution in [-0.4, -0.2) is 32.7 Å². The lowest BCUT2D eigenvalue weighted by molar-refractivity contribution is 0.0852. The topological polar surface area (TPSA) is 87.1 Å². The van der Waals surface area contributed by atoms with Crippen molar-refractivity contribution in [2.45, 2.75) is 25.5 Å². The Morgan fingerprint density at radius 1 is 1.24 bits per heavy atom. The summed E-state index contributed by atoms with van der Waals surface area (Å²) in [6, 6.07) is 14.3. The van der Waals surface area contributed by atoms with Crippen LogP contribution in [0.3, 0.4) is 0 Å². The van der Waals surface area contributed by atoms with Gasteiger partial charge in [-0.15, -0.1) is 0 Å². The summed E-state index contributed by atoms with van der Waals surface area (Å²) in [4.78, 5) is 26.8. The number of aryl methyl sites for hydroxylation is 1. The molecule has 1 amide bonds. The fourth-order valence-electron chi connectivity index (χ4n) is 2.78. The Morgan fingerprint density at radius 2 is 1.96 bits per heavy atom. The van der Waals surface area contributed by atoms with Crippen LogP contribution in [0.4, 0.5) is 0 Å². The lowest BCUT2D eigenvalue weighted by Crippen LogP contribution is -2.42. The second-order valence-electron chi connectivity index (χ2n) is 6.24. The summed E-state index contributed by atoms with van der Waals surface area (Å²) < 4.78 is 1.46. The molecule has 1 heterocycles. The predicted molar refractivity (Wildman–Crippen MR) is 96.6 cm³/mol. The maximum Gasteiger partial charge on any atom is 0.326 e. The fourth-order valence-corrected chi connectivity index (χ4v) is 2.78. The van der Waals surface area contributed by atoms with Gasteiger partial charge in [-0.3, -0.25) is 9.36 Å². The highest BCUT2D eigenvalue weighted by atomic mass is 16.3. The van der Waals surface area contributed by atoms with E-state index in [0.717, 1.165) is 5.56 Å². The monoisotopic (exact) mass is 339 g/mol. The molecule has 0 bridgehead atoms. The molecule has 25 heavy (non-hydrogen) atoms. The third kappa shape index (κ3) is 3.64. The van der Waals surface area contributed by atoms with Gasteiger partial charge in [-0.05, 0) is 30.7 Å². The first-order chi connectivity index (χ1) is 12.0. The molecule has 0 radical (unpaired) electrons. The highest BCUT2D eigenvalue weighted by molar-refractivity contribution is 5.97. The lowest BCUT2D eigenvalue weighted by Gasteiger charge is -2.20. The minimum Gasteiger partial charge on any atom is -0.391 e. The molecule has 0 saturated carbocycles. The number of nitrogens with one attached hydrogen (secondary N) is 2. The van der Waals surface area contributed by atoms with Gasteiger partial charge in [0.05, 0.1) is 23.2 Å². The molecular weight excluding hydrogens is 318 g/mol. The molecule has 6 heteroatoms. The minimum atomic E-state index is -0.688. The minimum absolute atomic E-state index is 0.223. The zero-order chi connectivity index (χ0) is 18.0. The van der Waals surface area contributed by atoms with Gasteiger partial charge in [0, 0.05) is 19.0 Å². The summed E-state index contributed by atoms with van der Waals surface area (Å²) >= 11 is 0. The van der Waals surface area contributed by atoms with Crippen LogP contribution < -0.4 is 11.0 Å². The number of rotatable bonds is 5. The number of aromatic nitrogens is 2. The van der Waals surface area contributed by atoms with E-state index in [2.05, 4.69) is 10.3 Å². The van der Waals surface area contributed by atoms with Crippen LogP contribution in [0.5, 0.6) is 0 Å². The van der Waals surface area contributed by atoms with Crippen molar-refractivity contribution in [2.75, 3.05) is 0 Å². The second-order valence-corrected chi connectivity index (χ2v) is 6.24. The zero-order valence-electron chi connectivity index (χ0n) is 14.2. The van der Waals surface area contributed by atoms with E-state index in [4.69, 9.17) is 0 Å². The maximum atomic E-state index is 12.5. The molecule has 6 nitrogen and oxygen atoms in total. The number of benzene rings is 2. The fraction of sp³-hybridized carbons (Fsp3) is 0.263. The van der Waals surface area contributed by atoms with Crippen LogP contribution in [-0.2, 0) is 13.5 Å². The van der Waals surface area contributed by atoms with E-state index < -0.39 is 12.1 Å². The van der Waals surface area contributed by atoms with Crippen molar-refractivity contribution < 1.29 is 9.90 Å². The molecular formula is C19H21N3O3. The van der Waals surface area contributed by atoms with Gasteiger partial charge in [0.25, 0.3) is 5.91 Å². The second kappa shape index (κ2) is 6.94. The van der Waals surface area contributed by atoms with Crippen LogP contribution in [0.1, 0.15) is 22.8 Å². The van der Waals surface area contributed by atoms with Gasteiger partial charge in [-0.2, -0.15) is 0 Å². The van der Waals surface area contributed by atoms with E-state index in [0.29, 0.717) is 23.0 Å². The number of H-pyrrole nitrogens is 1. The van der Waals surface area contributed by atoms with Crippen LogP contribution in [0.15, 0.2) is 53.3 Å². The number of nitrogens with zero attached hydrogens (tertiary/aromatic N) is 1. The molecule has 2 aromatic carbocycles. The standard InChI is InChI=1S/C19H21N3O3/c1-12(17(23)10-13-6-4-3-5-7-13)20-18(24)14-8-9-15-16(11-14)22(2)19(25)21-15/h3-9,11-12,17,23H,10H2,1-2H3,(H,20,24)(H,21,25)/t12-,17+/m0/s1. The van der Waals surface area contributed by atoms with Gasteiger partial charge in [0.1, 0.15) is 0 Å². The molecule has 0 fully saturated rings. The quantitative estimate of drug-likeness (QED) is 0.660. The zero-order valence-corrected chi connectivity index (χ0v) is 14.2. The van der Waals surface area contributed by atoms with E-state index in [9.17, 15) is 14.7 Å². The largest absolute Gasteiger partial charge is 0.391 e. The van der Waals surface area contributed by atoms with Gasteiger partial charge in [-0.25, -0.2) is 4.79 Å². The SMILES string of the molecule is C[C@H](NC(=O)c1ccc2[nH]c(=O)n(C)c2c1)[C@H](O)Cc1ccccc1. The smallest absolute Gasteiger partial charge is 0.326 e. The van der Waals surface area contributed by atoms with Crippen molar-refractivity contribution in [1.82, 2.24) is 14.9 Å². The number of imidazole rings is 1. The Bertz CT molecular complexity index is 943. The summed E-state index contributed by atoms with van der Waals surface area (Å²) in [7, 11) is 1.65. The van der Waals surface area contributed by atoms with Crippen molar-refractivity contribution in [3.05, 3.63) is 70.1 Å². The third-order valence-corrected chi connectivity index (χ3v) is 4.39. The van der Waals surface area contributed by atoms with E-state index in [-0.39, 0.29) is 11.6 Å². The van der Waals surface area contributed by atoms with Crippen molar-refractivity contribution in [2.24, 2.45) is 7.05 Å². The lowest BCUT2D eigenvalue weighted by atomic mass is 10.0. The van der Waals surface area contributed by atoms with Crippen molar-refractivity contribution >= 4 is 16.9 Å². The van der Waals surface area contributed by atoms with Crippen molar-refractivity contribution in [3.63, 3.8) is 0 Å². The molecule has 0 aliphatic rings. The Kier molecular flexibility index (Phi) is 4.72. The van der Waals surface area contributed by atoms with Gasteiger partial charge in [0.2, 0.25) is 0 Å². The first-order valence-electron chi connectivity index (χ1n) is 8.17. The molecule has 1 aromatic heterocycles. The number of fused-ring (bicyclic) bond motifs is 1.